The summed E-state index contributed by atoms with van der Waals surface area (Å²) < 4.78 is 43.0. The van der Waals surface area contributed by atoms with Crippen LogP contribution in [0, 0.1) is 11.8 Å². The van der Waals surface area contributed by atoms with E-state index in [1.165, 1.54) is 9.80 Å². The van der Waals surface area contributed by atoms with E-state index in [0.29, 0.717) is 53.3 Å². The highest BCUT2D eigenvalue weighted by atomic mass is 31.2. The maximum absolute atomic E-state index is 15.4. The van der Waals surface area contributed by atoms with Gasteiger partial charge in [-0.25, -0.2) is 0 Å². The molecule has 1 unspecified atom stereocenters. The molecule has 0 radical (unpaired) electrons. The number of hydrogen-bond donors (Lipinski definition) is 8. The highest BCUT2D eigenvalue weighted by Gasteiger charge is 2.51. The molecule has 462 valence electrons. The van der Waals surface area contributed by atoms with Crippen molar-refractivity contribution in [1.29, 1.82) is 0 Å². The van der Waals surface area contributed by atoms with Crippen LogP contribution >= 0.6 is 7.60 Å². The third kappa shape index (κ3) is 13.9. The van der Waals surface area contributed by atoms with Gasteiger partial charge in [-0.05, 0) is 96.7 Å². The number of carbonyl (C=O) groups is 9. The largest absolute Gasteiger partial charge is 0.399 e. The molecule has 8 amide bonds. The van der Waals surface area contributed by atoms with Gasteiger partial charge in [-0.15, -0.1) is 0 Å². The van der Waals surface area contributed by atoms with E-state index in [1.807, 2.05) is 66.7 Å². The molecule has 6 aromatic rings. The number of ketones is 1. The number of H-pyrrole nitrogens is 1. The smallest absolute Gasteiger partial charge is 0.370 e. The fraction of sp³-hybridized carbons (Fsp3) is 0.348. The van der Waals surface area contributed by atoms with Crippen LogP contribution in [0.2, 0.25) is 0 Å². The minimum atomic E-state index is -6.13. The lowest BCUT2D eigenvalue weighted by Gasteiger charge is -2.29. The molecule has 1 aromatic heterocycles. The number of piperidine rings is 1. The van der Waals surface area contributed by atoms with Crippen molar-refractivity contribution in [2.24, 2.45) is 5.73 Å². The van der Waals surface area contributed by atoms with Crippen LogP contribution in [0.4, 0.5) is 14.5 Å². The molecule has 4 aliphatic heterocycles. The van der Waals surface area contributed by atoms with Gasteiger partial charge >= 0.3 is 13.3 Å². The van der Waals surface area contributed by atoms with Crippen molar-refractivity contribution in [2.45, 2.75) is 139 Å². The Bertz CT molecular complexity index is 3860. The van der Waals surface area contributed by atoms with Crippen molar-refractivity contribution in [3.8, 4) is 11.8 Å². The first-order valence-electron chi connectivity index (χ1n) is 29.8. The number of halogens is 2. The maximum atomic E-state index is 15.4. The number of aromatic amines is 1. The Morgan fingerprint density at radius 3 is 2.18 bits per heavy atom. The number of nitrogens with zero attached hydrogens (tertiary/aromatic N) is 2. The second-order valence-corrected chi connectivity index (χ2v) is 24.6. The number of benzene rings is 5. The lowest BCUT2D eigenvalue weighted by Crippen LogP contribution is -2.56. The first-order valence-corrected chi connectivity index (χ1v) is 31.4. The monoisotopic (exact) mass is 1230 g/mol. The summed E-state index contributed by atoms with van der Waals surface area (Å²) >= 11 is 0. The number of aryl methyl sites for hydroxylation is 1. The van der Waals surface area contributed by atoms with E-state index >= 15 is 8.78 Å². The number of anilines is 1. The fourth-order valence-corrected chi connectivity index (χ4v) is 12.8. The Kier molecular flexibility index (Phi) is 19.1. The third-order valence-electron chi connectivity index (χ3n) is 17.0. The average Bonchev–Trinajstić information content (AvgIpc) is 2.06. The topological polar surface area (TPSA) is 308 Å². The molecule has 5 heterocycles. The number of nitrogens with one attached hydrogen (secondary N) is 5. The summed E-state index contributed by atoms with van der Waals surface area (Å²) in [6, 6.07) is 27.7. The summed E-state index contributed by atoms with van der Waals surface area (Å²) in [6.45, 7) is 0.335. The summed E-state index contributed by atoms with van der Waals surface area (Å²) in [4.78, 5) is 146. The Balaban J connectivity index is 0.768. The van der Waals surface area contributed by atoms with Gasteiger partial charge in [0.25, 0.3) is 17.7 Å². The van der Waals surface area contributed by atoms with Crippen molar-refractivity contribution in [2.75, 3.05) is 11.4 Å². The molecule has 4 aliphatic rings. The second kappa shape index (κ2) is 27.1. The zero-order chi connectivity index (χ0) is 63.1. The molecular weight excluding hydrogens is 1170 g/mol. The number of amides is 8. The van der Waals surface area contributed by atoms with E-state index in [4.69, 9.17) is 5.73 Å². The summed E-state index contributed by atoms with van der Waals surface area (Å²) in [5.41, 5.74) is 4.39. The highest BCUT2D eigenvalue weighted by molar-refractivity contribution is 7.52. The van der Waals surface area contributed by atoms with E-state index in [2.05, 4.69) is 38.1 Å². The Morgan fingerprint density at radius 2 is 1.48 bits per heavy atom. The van der Waals surface area contributed by atoms with Gasteiger partial charge in [0.1, 0.15) is 23.8 Å². The number of fused-ring (bicyclic) bond motifs is 2. The number of primary amides is 1. The van der Waals surface area contributed by atoms with Crippen molar-refractivity contribution in [1.82, 2.24) is 31.2 Å². The number of rotatable bonds is 24. The predicted molar refractivity (Wildman–Crippen MR) is 324 cm³/mol. The minimum absolute atomic E-state index is 0.0382. The van der Waals surface area contributed by atoms with Crippen LogP contribution in [-0.4, -0.2) is 103 Å². The van der Waals surface area contributed by atoms with Crippen LogP contribution < -0.4 is 31.9 Å². The zero-order valence-electron chi connectivity index (χ0n) is 48.5. The Hall–Kier alpha value is -9.16. The number of Topliss-reactive ketones (excluding diaryl/α,β-unsaturated/α-hetero) is 1. The number of hydrogen-bond acceptors (Lipinski definition) is 10. The molecule has 20 nitrogen and oxygen atoms in total. The van der Waals surface area contributed by atoms with Gasteiger partial charge in [0.15, 0.2) is 5.78 Å². The highest BCUT2D eigenvalue weighted by Crippen LogP contribution is 2.59. The van der Waals surface area contributed by atoms with Crippen LogP contribution in [0.25, 0.3) is 10.9 Å². The first-order chi connectivity index (χ1) is 42.7. The number of unbranched alkanes of at least 4 members (excludes halogenated alkanes) is 6. The van der Waals surface area contributed by atoms with Crippen LogP contribution in [0.1, 0.15) is 160 Å². The van der Waals surface area contributed by atoms with Crippen LogP contribution in [-0.2, 0) is 58.4 Å². The predicted octanol–water partition coefficient (Wildman–Crippen LogP) is 7.21. The van der Waals surface area contributed by atoms with E-state index in [-0.39, 0.29) is 98.7 Å². The van der Waals surface area contributed by atoms with Crippen LogP contribution in [0.15, 0.2) is 115 Å². The molecule has 4 atom stereocenters. The van der Waals surface area contributed by atoms with E-state index < -0.39 is 89.9 Å². The molecule has 89 heavy (non-hydrogen) atoms. The lowest BCUT2D eigenvalue weighted by molar-refractivity contribution is -0.137. The van der Waals surface area contributed by atoms with Crippen LogP contribution in [0.3, 0.4) is 0 Å². The SMILES string of the molecule is NC(=O)CC[C@H](NC(=O)[C@@H]1Cc2cccc3c2N1C(=O)[C@@H](NC(=O)c1cc2cc(C(F)(F)P(=O)(O)O)cc(C(=O)NCCCCCCCCC#Cc4cccc5c4CN(C4CCC(=O)NC4=O)C5=O)c2[nH]1)CC3)C(=O)CC(c1ccccc1)c1ccccc1. The standard InChI is InChI=1S/C66H67F2N8O12P/c67-66(68,89(86,87)88)45-33-44-34-52(71-58(44)48(36-45)60(80)70-32-14-6-4-2-1-3-5-9-21-41-22-16-25-46-49(41)38-75(64(46)84)53-29-31-57(79)74-62(53)82)61(81)73-51-27-26-42-23-15-24-43-35-54(76(59(42)43)65(51)85)63(83)72-50(28-30-56(69)78)55(77)37-47(39-17-10-7-11-18-39)40-19-12-8-13-20-40/h7-8,10-13,15-20,22-25,33-34,36,47,50-51,53-54,71H,1-6,14,26-32,35,37-38H2,(H2,69,78)(H,70,80)(H,72,83)(H,73,81)(H,74,79,82)(H2,86,87,88)/t50-,51-,53?,54-/m0/s1. The summed E-state index contributed by atoms with van der Waals surface area (Å²) in [6.07, 6.45) is 5.53. The molecule has 0 aliphatic carbocycles. The molecular formula is C66H67F2N8O12P. The molecule has 0 saturated carbocycles. The molecule has 0 spiro atoms. The summed E-state index contributed by atoms with van der Waals surface area (Å²) in [7, 11) is -6.13. The number of aromatic nitrogens is 1. The minimum Gasteiger partial charge on any atom is -0.370 e. The number of carbonyl (C=O) groups excluding carboxylic acids is 9. The molecule has 10 rings (SSSR count). The second-order valence-electron chi connectivity index (χ2n) is 22.9. The molecule has 5 aromatic carbocycles. The van der Waals surface area contributed by atoms with E-state index in [1.54, 1.807) is 30.3 Å². The Labute approximate surface area is 511 Å². The molecule has 23 heteroatoms. The average molecular weight is 1230 g/mol. The van der Waals surface area contributed by atoms with Crippen LogP contribution in [0.5, 0.6) is 0 Å². The number of para-hydroxylation sites is 1. The number of imide groups is 1. The molecule has 0 bridgehead atoms. The molecule has 1 fully saturated rings. The molecule has 9 N–H and O–H groups in total. The van der Waals surface area contributed by atoms with E-state index in [9.17, 15) is 57.5 Å². The zero-order valence-corrected chi connectivity index (χ0v) is 49.4. The first kappa shape index (κ1) is 62.9. The van der Waals surface area contributed by atoms with Crippen molar-refractivity contribution >= 4 is 77.2 Å². The normalized spacial score (nSPS) is 17.5. The Morgan fingerprint density at radius 1 is 0.798 bits per heavy atom. The van der Waals surface area contributed by atoms with Gasteiger partial charge in [0, 0.05) is 73.2 Å². The quantitative estimate of drug-likeness (QED) is 0.0129. The van der Waals surface area contributed by atoms with Gasteiger partial charge in [0.2, 0.25) is 29.5 Å². The van der Waals surface area contributed by atoms with Gasteiger partial charge < -0.3 is 41.4 Å². The van der Waals surface area contributed by atoms with E-state index in [0.717, 1.165) is 54.5 Å². The van der Waals surface area contributed by atoms with Gasteiger partial charge in [-0.3, -0.25) is 57.9 Å². The number of nitrogens with two attached hydrogens (primary N) is 1. The van der Waals surface area contributed by atoms with Crippen molar-refractivity contribution in [3.05, 3.63) is 171 Å². The third-order valence-corrected chi connectivity index (χ3v) is 17.9. The van der Waals surface area contributed by atoms with Gasteiger partial charge in [-0.1, -0.05) is 122 Å². The fourth-order valence-electron chi connectivity index (χ4n) is 12.3. The lowest BCUT2D eigenvalue weighted by atomic mass is 9.85. The van der Waals surface area contributed by atoms with Gasteiger partial charge in [0.05, 0.1) is 22.8 Å². The summed E-state index contributed by atoms with van der Waals surface area (Å²) in [5.74, 6) is 0.707. The molecule has 1 saturated heterocycles. The van der Waals surface area contributed by atoms with Gasteiger partial charge in [-0.2, -0.15) is 8.78 Å². The van der Waals surface area contributed by atoms with Crippen molar-refractivity contribution in [3.63, 3.8) is 0 Å². The summed E-state index contributed by atoms with van der Waals surface area (Å²) in [5, 5.41) is 10.4. The maximum Gasteiger partial charge on any atom is 0.399 e. The number of alkyl halides is 2. The van der Waals surface area contributed by atoms with Crippen molar-refractivity contribution < 1.29 is 66.3 Å².